The van der Waals surface area contributed by atoms with Gasteiger partial charge in [0, 0.05) is 25.0 Å². The number of carbonyl (C=O) groups excluding carboxylic acids is 1. The van der Waals surface area contributed by atoms with Crippen molar-refractivity contribution < 1.29 is 27.9 Å². The van der Waals surface area contributed by atoms with Gasteiger partial charge >= 0.3 is 12.1 Å². The zero-order valence-electron chi connectivity index (χ0n) is 21.1. The highest BCUT2D eigenvalue weighted by Crippen LogP contribution is 2.30. The number of anilines is 2. The first-order valence-corrected chi connectivity index (χ1v) is 12.7. The second-order valence-electron chi connectivity index (χ2n) is 9.50. The van der Waals surface area contributed by atoms with Gasteiger partial charge in [-0.3, -0.25) is 14.2 Å². The first kappa shape index (κ1) is 27.9. The molecule has 1 atom stereocenters. The number of rotatable bonds is 11. The van der Waals surface area contributed by atoms with Crippen molar-refractivity contribution in [3.8, 4) is 5.82 Å². The number of hydrogen-bond donors (Lipinski definition) is 4. The lowest BCUT2D eigenvalue weighted by Crippen LogP contribution is -2.41. The van der Waals surface area contributed by atoms with Crippen molar-refractivity contribution >= 4 is 23.6 Å². The first-order valence-electron chi connectivity index (χ1n) is 12.7. The lowest BCUT2D eigenvalue weighted by Gasteiger charge is -2.27. The third-order valence-electron chi connectivity index (χ3n) is 6.56. The van der Waals surface area contributed by atoms with Crippen LogP contribution in [-0.2, 0) is 22.3 Å². The molecule has 13 heteroatoms. The van der Waals surface area contributed by atoms with E-state index in [2.05, 4.69) is 30.9 Å². The number of aliphatic carboxylic acids is 1. The predicted molar refractivity (Wildman–Crippen MR) is 137 cm³/mol. The summed E-state index contributed by atoms with van der Waals surface area (Å²) in [6, 6.07) is 5.61. The monoisotopic (exact) mass is 545 g/mol. The Morgan fingerprint density at radius 3 is 2.49 bits per heavy atom. The van der Waals surface area contributed by atoms with Crippen LogP contribution in [0.1, 0.15) is 49.7 Å². The molecule has 1 aromatic carbocycles. The summed E-state index contributed by atoms with van der Waals surface area (Å²) in [5.41, 5.74) is -0.212. The summed E-state index contributed by atoms with van der Waals surface area (Å²) in [5.74, 6) is -0.283. The Bertz CT molecular complexity index is 1240. The van der Waals surface area contributed by atoms with Gasteiger partial charge < -0.3 is 21.1 Å². The molecule has 0 aliphatic heterocycles. The fourth-order valence-electron chi connectivity index (χ4n) is 4.56. The molecule has 0 bridgehead atoms. The highest BCUT2D eigenvalue weighted by molar-refractivity contribution is 5.84. The number of alkyl halides is 3. The van der Waals surface area contributed by atoms with Gasteiger partial charge in [0.2, 0.25) is 11.9 Å². The third kappa shape index (κ3) is 8.16. The van der Waals surface area contributed by atoms with Crippen molar-refractivity contribution in [3.05, 3.63) is 60.2 Å². The fraction of sp³-hybridized carbons (Fsp3) is 0.423. The number of imidazole rings is 1. The molecule has 0 saturated heterocycles. The van der Waals surface area contributed by atoms with Gasteiger partial charge in [0.15, 0.2) is 0 Å². The van der Waals surface area contributed by atoms with Crippen molar-refractivity contribution in [2.24, 2.45) is 5.92 Å². The molecule has 3 aromatic rings. The van der Waals surface area contributed by atoms with Crippen molar-refractivity contribution in [2.75, 3.05) is 17.2 Å². The molecule has 2 heterocycles. The van der Waals surface area contributed by atoms with E-state index < -0.39 is 30.3 Å². The molecule has 1 aliphatic rings. The highest BCUT2D eigenvalue weighted by atomic mass is 19.4. The Balaban J connectivity index is 1.52. The molecule has 1 aliphatic carbocycles. The van der Waals surface area contributed by atoms with Gasteiger partial charge in [0.25, 0.3) is 0 Å². The molecule has 0 spiro atoms. The van der Waals surface area contributed by atoms with E-state index in [1.165, 1.54) is 18.5 Å². The van der Waals surface area contributed by atoms with Gasteiger partial charge in [0.05, 0.1) is 5.56 Å². The second-order valence-corrected chi connectivity index (χ2v) is 9.50. The number of nitrogens with one attached hydrogen (secondary N) is 3. The first-order chi connectivity index (χ1) is 18.7. The van der Waals surface area contributed by atoms with Crippen LogP contribution < -0.4 is 16.0 Å². The molecule has 4 N–H and O–H groups in total. The fourth-order valence-corrected chi connectivity index (χ4v) is 4.56. The number of nitrogens with zero attached hydrogens (tertiary/aromatic N) is 4. The van der Waals surface area contributed by atoms with Crippen LogP contribution in [-0.4, -0.2) is 49.1 Å². The van der Waals surface area contributed by atoms with Gasteiger partial charge in [-0.05, 0) is 30.0 Å². The van der Waals surface area contributed by atoms with Crippen LogP contribution in [0.25, 0.3) is 5.82 Å². The van der Waals surface area contributed by atoms with E-state index in [1.54, 1.807) is 23.0 Å². The zero-order valence-corrected chi connectivity index (χ0v) is 21.1. The van der Waals surface area contributed by atoms with Crippen LogP contribution in [0.15, 0.2) is 49.1 Å². The number of carbonyl (C=O) groups is 2. The molecular formula is C26H30F3N7O3. The predicted octanol–water partition coefficient (Wildman–Crippen LogP) is 4.24. The third-order valence-corrected chi connectivity index (χ3v) is 6.56. The zero-order chi connectivity index (χ0) is 27.8. The number of carboxylic acids is 1. The Morgan fingerprint density at radius 2 is 1.85 bits per heavy atom. The number of amides is 1. The van der Waals surface area contributed by atoms with E-state index in [1.807, 2.05) is 0 Å². The van der Waals surface area contributed by atoms with Crippen molar-refractivity contribution in [3.63, 3.8) is 0 Å². The number of hydrogen-bond acceptors (Lipinski definition) is 7. The molecule has 4 rings (SSSR count). The number of benzene rings is 1. The van der Waals surface area contributed by atoms with E-state index in [0.29, 0.717) is 29.5 Å². The van der Waals surface area contributed by atoms with Gasteiger partial charge in [0.1, 0.15) is 30.5 Å². The summed E-state index contributed by atoms with van der Waals surface area (Å²) in [7, 11) is 0. The number of carboxylic acid groups (broad SMARTS) is 1. The van der Waals surface area contributed by atoms with Crippen LogP contribution in [0, 0.1) is 5.92 Å². The average Bonchev–Trinajstić information content (AvgIpc) is 3.46. The van der Waals surface area contributed by atoms with E-state index in [-0.39, 0.29) is 18.4 Å². The summed E-state index contributed by atoms with van der Waals surface area (Å²) >= 11 is 0. The van der Waals surface area contributed by atoms with E-state index in [4.69, 9.17) is 5.11 Å². The molecule has 1 unspecified atom stereocenters. The molecule has 39 heavy (non-hydrogen) atoms. The summed E-state index contributed by atoms with van der Waals surface area (Å²) in [5, 5.41) is 17.7. The van der Waals surface area contributed by atoms with Crippen molar-refractivity contribution in [1.29, 1.82) is 0 Å². The lowest BCUT2D eigenvalue weighted by atomic mass is 9.84. The van der Waals surface area contributed by atoms with E-state index in [9.17, 15) is 22.8 Å². The van der Waals surface area contributed by atoms with Crippen molar-refractivity contribution in [1.82, 2.24) is 24.8 Å². The van der Waals surface area contributed by atoms with Crippen LogP contribution in [0.2, 0.25) is 0 Å². The smallest absolute Gasteiger partial charge is 0.416 e. The van der Waals surface area contributed by atoms with Gasteiger partial charge in [-0.2, -0.15) is 23.1 Å². The normalized spacial score (nSPS) is 14.9. The van der Waals surface area contributed by atoms with E-state index in [0.717, 1.165) is 44.2 Å². The number of halogens is 3. The molecule has 2 aromatic heterocycles. The topological polar surface area (TPSA) is 134 Å². The molecule has 0 radical (unpaired) electrons. The maximum absolute atomic E-state index is 13.3. The van der Waals surface area contributed by atoms with E-state index >= 15 is 0 Å². The minimum atomic E-state index is -4.43. The molecular weight excluding hydrogens is 515 g/mol. The van der Waals surface area contributed by atoms with Crippen LogP contribution >= 0.6 is 0 Å². The van der Waals surface area contributed by atoms with Crippen LogP contribution in [0.4, 0.5) is 24.9 Å². The quantitative estimate of drug-likeness (QED) is 0.281. The molecule has 1 amide bonds. The summed E-state index contributed by atoms with van der Waals surface area (Å²) < 4.78 is 40.3. The highest BCUT2D eigenvalue weighted by Gasteiger charge is 2.30. The Morgan fingerprint density at radius 1 is 1.10 bits per heavy atom. The molecule has 1 saturated carbocycles. The Hall–Kier alpha value is -4.16. The average molecular weight is 546 g/mol. The van der Waals surface area contributed by atoms with Gasteiger partial charge in [-0.25, -0.2) is 4.98 Å². The second kappa shape index (κ2) is 12.6. The molecule has 208 valence electrons. The lowest BCUT2D eigenvalue weighted by molar-refractivity contribution is -0.137. The largest absolute Gasteiger partial charge is 0.480 e. The maximum atomic E-state index is 13.3. The Labute approximate surface area is 223 Å². The minimum Gasteiger partial charge on any atom is -0.480 e. The van der Waals surface area contributed by atoms with Crippen LogP contribution in [0.5, 0.6) is 0 Å². The molecule has 1 fully saturated rings. The summed E-state index contributed by atoms with van der Waals surface area (Å²) in [6.07, 6.45) is 6.22. The maximum Gasteiger partial charge on any atom is 0.416 e. The minimum absolute atomic E-state index is 0.0627. The SMILES string of the molecule is O=C(O)CNc1nc(NC(CC2CCCCC2)C(=O)NCc2ccc(C(F)(F)F)cc2)cc(-n2ccnc2)n1. The van der Waals surface area contributed by atoms with Crippen molar-refractivity contribution in [2.45, 2.75) is 57.3 Å². The summed E-state index contributed by atoms with van der Waals surface area (Å²) in [4.78, 5) is 37.1. The summed E-state index contributed by atoms with van der Waals surface area (Å²) in [6.45, 7) is -0.332. The van der Waals surface area contributed by atoms with Gasteiger partial charge in [-0.15, -0.1) is 0 Å². The number of aromatic nitrogens is 4. The van der Waals surface area contributed by atoms with Gasteiger partial charge in [-0.1, -0.05) is 44.2 Å². The van der Waals surface area contributed by atoms with Crippen LogP contribution in [0.3, 0.4) is 0 Å². The standard InChI is InChI=1S/C26H30F3N7O3/c27-26(28,29)19-8-6-18(7-9-19)14-31-24(39)20(12-17-4-2-1-3-5-17)33-21-13-22(36-11-10-30-16-36)35-25(34-21)32-15-23(37)38/h6-11,13,16-17,20H,1-5,12,14-15H2,(H,31,39)(H,37,38)(H2,32,33,34,35). The Kier molecular flexibility index (Phi) is 8.99. The molecule has 10 nitrogen and oxygen atoms in total.